The Morgan fingerprint density at radius 2 is 2.18 bits per heavy atom. The summed E-state index contributed by atoms with van der Waals surface area (Å²) in [5.41, 5.74) is 0. The van der Waals surface area contributed by atoms with Crippen LogP contribution in [0.4, 0.5) is 5.82 Å². The maximum Gasteiger partial charge on any atom is 0.163 e. The van der Waals surface area contributed by atoms with E-state index >= 15 is 0 Å². The average Bonchev–Trinajstić information content (AvgIpc) is 1.94. The van der Waals surface area contributed by atoms with Crippen LogP contribution in [-0.2, 0) is 0 Å². The normalized spacial score (nSPS) is 9.82. The second kappa shape index (κ2) is 3.53. The molecule has 0 aliphatic carbocycles. The zero-order chi connectivity index (χ0) is 8.43. The van der Waals surface area contributed by atoms with E-state index in [9.17, 15) is 0 Å². The largest absolute Gasteiger partial charge is 0.361 e. The molecule has 0 unspecified atom stereocenters. The van der Waals surface area contributed by atoms with Crippen molar-refractivity contribution in [2.45, 2.75) is 0 Å². The molecule has 11 heavy (non-hydrogen) atoms. The van der Waals surface area contributed by atoms with E-state index in [4.69, 9.17) is 11.6 Å². The summed E-state index contributed by atoms with van der Waals surface area (Å²) in [6.45, 7) is 0. The third-order valence-electron chi connectivity index (χ3n) is 1.13. The summed E-state index contributed by atoms with van der Waals surface area (Å²) in [7, 11) is 3.79. The Balaban J connectivity index is 3.05. The zero-order valence-corrected chi connectivity index (χ0v) is 9.09. The number of hydrogen-bond acceptors (Lipinski definition) is 3. The number of hydrogen-bond donors (Lipinski definition) is 0. The summed E-state index contributed by atoms with van der Waals surface area (Å²) in [6, 6.07) is 0. The second-order valence-electron chi connectivity index (χ2n) is 2.20. The Morgan fingerprint density at radius 3 is 2.64 bits per heavy atom. The minimum Gasteiger partial charge on any atom is -0.361 e. The summed E-state index contributed by atoms with van der Waals surface area (Å²) < 4.78 is 0.731. The van der Waals surface area contributed by atoms with E-state index < -0.39 is 0 Å². The third-order valence-corrected chi connectivity index (χ3v) is 2.51. The van der Waals surface area contributed by atoms with Crippen LogP contribution in [0.2, 0.25) is 5.15 Å². The highest BCUT2D eigenvalue weighted by atomic mass is 127. The molecule has 0 saturated carbocycles. The lowest BCUT2D eigenvalue weighted by Gasteiger charge is -2.10. The molecule has 1 rings (SSSR count). The Hall–Kier alpha value is -0.100. The van der Waals surface area contributed by atoms with E-state index in [1.807, 2.05) is 41.6 Å². The molecule has 0 aliphatic rings. The van der Waals surface area contributed by atoms with Crippen molar-refractivity contribution in [2.24, 2.45) is 0 Å². The number of aromatic nitrogens is 2. The van der Waals surface area contributed by atoms with Crippen LogP contribution in [0.1, 0.15) is 0 Å². The first kappa shape index (κ1) is 8.99. The van der Waals surface area contributed by atoms with Crippen LogP contribution in [0.25, 0.3) is 0 Å². The molecule has 0 N–H and O–H groups in total. The van der Waals surface area contributed by atoms with Crippen LogP contribution in [0.3, 0.4) is 0 Å². The Labute approximate surface area is 83.9 Å². The van der Waals surface area contributed by atoms with Crippen molar-refractivity contribution in [1.82, 2.24) is 9.97 Å². The predicted octanol–water partition coefficient (Wildman–Crippen LogP) is 1.80. The lowest BCUT2D eigenvalue weighted by molar-refractivity contribution is 1.03. The molecule has 0 atom stereocenters. The van der Waals surface area contributed by atoms with Crippen LogP contribution < -0.4 is 4.90 Å². The van der Waals surface area contributed by atoms with Crippen LogP contribution in [0.15, 0.2) is 6.20 Å². The highest BCUT2D eigenvalue weighted by Gasteiger charge is 2.02. The lowest BCUT2D eigenvalue weighted by Crippen LogP contribution is -2.11. The summed E-state index contributed by atoms with van der Waals surface area (Å²) in [5, 5.41) is 0.455. The molecule has 0 radical (unpaired) electrons. The molecule has 0 aromatic carbocycles. The Bertz CT molecular complexity index is 264. The fourth-order valence-corrected chi connectivity index (χ4v) is 0.954. The van der Waals surface area contributed by atoms with Crippen molar-refractivity contribution in [3.05, 3.63) is 15.1 Å². The van der Waals surface area contributed by atoms with E-state index in [1.54, 1.807) is 6.20 Å². The second-order valence-corrected chi connectivity index (χ2v) is 3.58. The summed E-state index contributed by atoms with van der Waals surface area (Å²) >= 11 is 7.79. The van der Waals surface area contributed by atoms with E-state index in [-0.39, 0.29) is 0 Å². The molecule has 0 spiro atoms. The van der Waals surface area contributed by atoms with Gasteiger partial charge in [0, 0.05) is 14.1 Å². The Morgan fingerprint density at radius 1 is 1.55 bits per heavy atom. The standard InChI is InChI=1S/C6H7ClIN3/c1-11(2)4-3-9-6(8)5(7)10-4/h3H,1-2H3. The molecule has 5 heteroatoms. The van der Waals surface area contributed by atoms with Gasteiger partial charge in [0.2, 0.25) is 0 Å². The van der Waals surface area contributed by atoms with Crippen molar-refractivity contribution in [1.29, 1.82) is 0 Å². The Kier molecular flexibility index (Phi) is 2.89. The molecule has 0 aliphatic heterocycles. The molecule has 0 saturated heterocycles. The fourth-order valence-electron chi connectivity index (χ4n) is 0.559. The van der Waals surface area contributed by atoms with Gasteiger partial charge in [-0.05, 0) is 22.6 Å². The predicted molar refractivity (Wildman–Crippen MR) is 54.1 cm³/mol. The van der Waals surface area contributed by atoms with Crippen LogP contribution >= 0.6 is 34.2 Å². The minimum atomic E-state index is 0.455. The van der Waals surface area contributed by atoms with Crippen LogP contribution in [-0.4, -0.2) is 24.1 Å². The lowest BCUT2D eigenvalue weighted by atomic mass is 10.6. The van der Waals surface area contributed by atoms with E-state index in [1.165, 1.54) is 0 Å². The molecule has 1 heterocycles. The average molecular weight is 284 g/mol. The number of rotatable bonds is 1. The van der Waals surface area contributed by atoms with Crippen molar-refractivity contribution in [2.75, 3.05) is 19.0 Å². The molecule has 60 valence electrons. The molecule has 1 aromatic rings. The van der Waals surface area contributed by atoms with Crippen LogP contribution in [0.5, 0.6) is 0 Å². The summed E-state index contributed by atoms with van der Waals surface area (Å²) in [4.78, 5) is 10.0. The first-order valence-corrected chi connectivity index (χ1v) is 4.42. The van der Waals surface area contributed by atoms with Crippen molar-refractivity contribution < 1.29 is 0 Å². The first-order chi connectivity index (χ1) is 5.11. The van der Waals surface area contributed by atoms with E-state index in [0.29, 0.717) is 5.15 Å². The summed E-state index contributed by atoms with van der Waals surface area (Å²) in [5.74, 6) is 0.774. The highest BCUT2D eigenvalue weighted by molar-refractivity contribution is 14.1. The fraction of sp³-hybridized carbons (Fsp3) is 0.333. The van der Waals surface area contributed by atoms with Gasteiger partial charge in [-0.15, -0.1) is 0 Å². The maximum absolute atomic E-state index is 5.75. The van der Waals surface area contributed by atoms with Gasteiger partial charge >= 0.3 is 0 Å². The molecule has 0 bridgehead atoms. The smallest absolute Gasteiger partial charge is 0.163 e. The SMILES string of the molecule is CN(C)c1cnc(I)c(Cl)n1. The van der Waals surface area contributed by atoms with E-state index in [0.717, 1.165) is 9.52 Å². The van der Waals surface area contributed by atoms with Gasteiger partial charge in [-0.1, -0.05) is 11.6 Å². The van der Waals surface area contributed by atoms with Gasteiger partial charge in [-0.2, -0.15) is 0 Å². The molecule has 0 fully saturated rings. The number of anilines is 1. The van der Waals surface area contributed by atoms with Crippen LogP contribution in [0, 0.1) is 3.70 Å². The minimum absolute atomic E-state index is 0.455. The number of halogens is 2. The zero-order valence-electron chi connectivity index (χ0n) is 6.17. The monoisotopic (exact) mass is 283 g/mol. The van der Waals surface area contributed by atoms with Gasteiger partial charge in [0.25, 0.3) is 0 Å². The van der Waals surface area contributed by atoms with Crippen molar-refractivity contribution in [3.63, 3.8) is 0 Å². The molecular weight excluding hydrogens is 276 g/mol. The first-order valence-electron chi connectivity index (χ1n) is 2.96. The molecule has 3 nitrogen and oxygen atoms in total. The quantitative estimate of drug-likeness (QED) is 0.736. The molecule has 1 aromatic heterocycles. The van der Waals surface area contributed by atoms with Crippen molar-refractivity contribution >= 4 is 40.0 Å². The summed E-state index contributed by atoms with van der Waals surface area (Å²) in [6.07, 6.45) is 1.69. The number of nitrogens with zero attached hydrogens (tertiary/aromatic N) is 3. The topological polar surface area (TPSA) is 29.0 Å². The molecular formula is C6H7ClIN3. The van der Waals surface area contributed by atoms with Gasteiger partial charge in [0.05, 0.1) is 6.20 Å². The van der Waals surface area contributed by atoms with Gasteiger partial charge in [-0.3, -0.25) is 0 Å². The van der Waals surface area contributed by atoms with Gasteiger partial charge in [0.1, 0.15) is 9.52 Å². The van der Waals surface area contributed by atoms with Gasteiger partial charge in [0.15, 0.2) is 5.15 Å². The van der Waals surface area contributed by atoms with Gasteiger partial charge < -0.3 is 4.90 Å². The van der Waals surface area contributed by atoms with Crippen molar-refractivity contribution in [3.8, 4) is 0 Å². The highest BCUT2D eigenvalue weighted by Crippen LogP contribution is 2.15. The molecule has 0 amide bonds. The van der Waals surface area contributed by atoms with E-state index in [2.05, 4.69) is 9.97 Å². The third kappa shape index (κ3) is 2.16. The van der Waals surface area contributed by atoms with Gasteiger partial charge in [-0.25, -0.2) is 9.97 Å². The maximum atomic E-state index is 5.75.